The molecule has 3 N–H and O–H groups in total. The second-order valence-corrected chi connectivity index (χ2v) is 11.1. The molecule has 1 heterocycles. The van der Waals surface area contributed by atoms with E-state index in [1.807, 2.05) is 17.0 Å². The molecule has 0 aromatic heterocycles. The van der Waals surface area contributed by atoms with Crippen molar-refractivity contribution >= 4 is 39.5 Å². The Morgan fingerprint density at radius 1 is 1.14 bits per heavy atom. The largest absolute Gasteiger partial charge is 0.491 e. The Hall–Kier alpha value is 0.0500. The van der Waals surface area contributed by atoms with Crippen LogP contribution in [0.25, 0.3) is 0 Å². The summed E-state index contributed by atoms with van der Waals surface area (Å²) in [6, 6.07) is 3.91. The zero-order chi connectivity index (χ0) is 20.8. The van der Waals surface area contributed by atoms with Crippen LogP contribution in [-0.2, 0) is 11.1 Å². The van der Waals surface area contributed by atoms with Gasteiger partial charge in [-0.2, -0.15) is 0 Å². The zero-order valence-electron chi connectivity index (χ0n) is 16.2. The van der Waals surface area contributed by atoms with Crippen LogP contribution in [0.1, 0.15) is 57.4 Å². The van der Waals surface area contributed by atoms with Crippen LogP contribution in [0.15, 0.2) is 21.1 Å². The SMILES string of the molecule is CCCCCCCCOc1c(Br)cc(CN2CCC(O)(P(=O)(O)O)C2)cc1Br. The molecule has 6 nitrogen and oxygen atoms in total. The Morgan fingerprint density at radius 3 is 2.32 bits per heavy atom. The summed E-state index contributed by atoms with van der Waals surface area (Å²) in [6.07, 6.45) is 7.34. The number of unbranched alkanes of at least 4 members (excludes halogenated alkanes) is 5. The van der Waals surface area contributed by atoms with Crippen molar-refractivity contribution in [1.82, 2.24) is 4.90 Å². The van der Waals surface area contributed by atoms with Gasteiger partial charge >= 0.3 is 7.60 Å². The highest BCUT2D eigenvalue weighted by molar-refractivity contribution is 9.11. The van der Waals surface area contributed by atoms with E-state index in [2.05, 4.69) is 38.8 Å². The molecular formula is C19H30Br2NO5P. The second-order valence-electron chi connectivity index (χ2n) is 7.49. The van der Waals surface area contributed by atoms with Crippen LogP contribution in [-0.4, -0.2) is 44.8 Å². The van der Waals surface area contributed by atoms with Gasteiger partial charge in [0.05, 0.1) is 15.6 Å². The first-order valence-corrected chi connectivity index (χ1v) is 13.0. The van der Waals surface area contributed by atoms with Gasteiger partial charge in [-0.3, -0.25) is 9.46 Å². The molecule has 0 spiro atoms. The lowest BCUT2D eigenvalue weighted by Crippen LogP contribution is -2.32. The predicted octanol–water partition coefficient (Wildman–Crippen LogP) is 5.02. The minimum absolute atomic E-state index is 0.0389. The van der Waals surface area contributed by atoms with Crippen molar-refractivity contribution in [2.24, 2.45) is 0 Å². The molecule has 1 aliphatic rings. The van der Waals surface area contributed by atoms with Gasteiger partial charge in [-0.25, -0.2) is 0 Å². The van der Waals surface area contributed by atoms with E-state index in [0.29, 0.717) is 19.7 Å². The summed E-state index contributed by atoms with van der Waals surface area (Å²) < 4.78 is 19.1. The first-order valence-electron chi connectivity index (χ1n) is 9.77. The lowest BCUT2D eigenvalue weighted by molar-refractivity contribution is 0.0962. The number of halogens is 2. The first kappa shape index (κ1) is 24.3. The summed E-state index contributed by atoms with van der Waals surface area (Å²) in [5.74, 6) is 0.769. The van der Waals surface area contributed by atoms with Crippen LogP contribution in [0.4, 0.5) is 0 Å². The van der Waals surface area contributed by atoms with E-state index in [9.17, 15) is 19.5 Å². The van der Waals surface area contributed by atoms with Crippen LogP contribution in [0, 0.1) is 0 Å². The highest BCUT2D eigenvalue weighted by Crippen LogP contribution is 2.53. The molecule has 0 bridgehead atoms. The Morgan fingerprint density at radius 2 is 1.75 bits per heavy atom. The number of hydrogen-bond acceptors (Lipinski definition) is 4. The number of β-amino-alcohol motifs (C(OH)–C–C–N with tert-alkyl or cyclic N) is 1. The van der Waals surface area contributed by atoms with Gasteiger partial charge in [0, 0.05) is 26.1 Å². The molecule has 1 aromatic carbocycles. The molecule has 1 saturated heterocycles. The monoisotopic (exact) mass is 541 g/mol. The van der Waals surface area contributed by atoms with Crippen molar-refractivity contribution in [3.8, 4) is 5.75 Å². The van der Waals surface area contributed by atoms with E-state index < -0.39 is 12.9 Å². The standard InChI is InChI=1S/C19H30Br2NO5P/c1-2-3-4-5-6-7-10-27-18-16(20)11-15(12-17(18)21)13-22-9-8-19(23,14-22)28(24,25)26/h11-12,23H,2-10,13-14H2,1H3,(H2,24,25,26). The number of rotatable bonds is 11. The summed E-state index contributed by atoms with van der Waals surface area (Å²) in [5.41, 5.74) is 0.973. The molecule has 160 valence electrons. The Kier molecular flexibility index (Phi) is 9.46. The summed E-state index contributed by atoms with van der Waals surface area (Å²) in [7, 11) is -4.54. The highest BCUT2D eigenvalue weighted by Gasteiger charge is 2.49. The normalized spacial score (nSPS) is 20.6. The minimum Gasteiger partial charge on any atom is -0.491 e. The Balaban J connectivity index is 1.87. The van der Waals surface area contributed by atoms with Gasteiger partial charge in [0.15, 0.2) is 5.34 Å². The van der Waals surface area contributed by atoms with E-state index >= 15 is 0 Å². The summed E-state index contributed by atoms with van der Waals surface area (Å²) in [6.45, 7) is 3.78. The van der Waals surface area contributed by atoms with E-state index in [-0.39, 0.29) is 13.0 Å². The lowest BCUT2D eigenvalue weighted by atomic mass is 10.1. The number of nitrogens with zero attached hydrogens (tertiary/aromatic N) is 1. The predicted molar refractivity (Wildman–Crippen MR) is 118 cm³/mol. The van der Waals surface area contributed by atoms with Crippen LogP contribution in [0.2, 0.25) is 0 Å². The number of benzene rings is 1. The van der Waals surface area contributed by atoms with Gasteiger partial charge < -0.3 is 19.6 Å². The molecule has 1 unspecified atom stereocenters. The molecule has 1 fully saturated rings. The van der Waals surface area contributed by atoms with Gasteiger partial charge in [0.2, 0.25) is 0 Å². The van der Waals surface area contributed by atoms with Crippen LogP contribution in [0.3, 0.4) is 0 Å². The zero-order valence-corrected chi connectivity index (χ0v) is 20.3. The average molecular weight is 543 g/mol. The third-order valence-corrected chi connectivity index (χ3v) is 7.68. The second kappa shape index (κ2) is 10.9. The van der Waals surface area contributed by atoms with E-state index in [0.717, 1.165) is 26.7 Å². The van der Waals surface area contributed by atoms with E-state index in [1.54, 1.807) is 0 Å². The third kappa shape index (κ3) is 6.79. The van der Waals surface area contributed by atoms with Gasteiger partial charge in [-0.05, 0) is 56.0 Å². The third-order valence-electron chi connectivity index (χ3n) is 5.06. The van der Waals surface area contributed by atoms with Crippen molar-refractivity contribution < 1.29 is 24.2 Å². The maximum Gasteiger partial charge on any atom is 0.358 e. The molecule has 0 amide bonds. The van der Waals surface area contributed by atoms with Gasteiger partial charge in [-0.1, -0.05) is 39.0 Å². The number of ether oxygens (including phenoxy) is 1. The van der Waals surface area contributed by atoms with Crippen LogP contribution >= 0.6 is 39.5 Å². The fourth-order valence-electron chi connectivity index (χ4n) is 3.38. The fourth-order valence-corrected chi connectivity index (χ4v) is 5.67. The van der Waals surface area contributed by atoms with Crippen molar-refractivity contribution in [2.75, 3.05) is 19.7 Å². The number of hydrogen-bond donors (Lipinski definition) is 3. The van der Waals surface area contributed by atoms with E-state index in [1.165, 1.54) is 32.1 Å². The maximum atomic E-state index is 11.5. The molecular weight excluding hydrogens is 513 g/mol. The minimum atomic E-state index is -4.54. The molecule has 1 aromatic rings. The topological polar surface area (TPSA) is 90.2 Å². The van der Waals surface area contributed by atoms with Crippen molar-refractivity contribution in [1.29, 1.82) is 0 Å². The van der Waals surface area contributed by atoms with Gasteiger partial charge in [0.1, 0.15) is 5.75 Å². The summed E-state index contributed by atoms with van der Waals surface area (Å²) >= 11 is 7.12. The molecule has 0 aliphatic carbocycles. The van der Waals surface area contributed by atoms with Crippen molar-refractivity contribution in [3.63, 3.8) is 0 Å². The molecule has 0 radical (unpaired) electrons. The fraction of sp³-hybridized carbons (Fsp3) is 0.684. The molecule has 0 saturated carbocycles. The molecule has 9 heteroatoms. The van der Waals surface area contributed by atoms with Crippen LogP contribution < -0.4 is 4.74 Å². The summed E-state index contributed by atoms with van der Waals surface area (Å²) in [5, 5.41) is 8.23. The smallest absolute Gasteiger partial charge is 0.358 e. The molecule has 28 heavy (non-hydrogen) atoms. The Bertz CT molecular complexity index is 676. The lowest BCUT2D eigenvalue weighted by Gasteiger charge is -2.24. The van der Waals surface area contributed by atoms with Crippen molar-refractivity contribution in [3.05, 3.63) is 26.6 Å². The first-order chi connectivity index (χ1) is 13.2. The van der Waals surface area contributed by atoms with Gasteiger partial charge in [-0.15, -0.1) is 0 Å². The summed E-state index contributed by atoms with van der Waals surface area (Å²) in [4.78, 5) is 20.6. The number of aliphatic hydroxyl groups is 1. The van der Waals surface area contributed by atoms with Gasteiger partial charge in [0.25, 0.3) is 0 Å². The quantitative estimate of drug-likeness (QED) is 0.268. The molecule has 1 aliphatic heterocycles. The molecule has 2 rings (SSSR count). The number of likely N-dealkylation sites (tertiary alicyclic amines) is 1. The maximum absolute atomic E-state index is 11.5. The van der Waals surface area contributed by atoms with E-state index in [4.69, 9.17) is 4.74 Å². The Labute approximate surface area is 184 Å². The highest BCUT2D eigenvalue weighted by atomic mass is 79.9. The van der Waals surface area contributed by atoms with Crippen molar-refractivity contribution in [2.45, 2.75) is 63.8 Å². The average Bonchev–Trinajstić information content (AvgIpc) is 2.98. The van der Waals surface area contributed by atoms with Crippen LogP contribution in [0.5, 0.6) is 5.75 Å². The molecule has 1 atom stereocenters.